The molecule has 0 spiro atoms. The summed E-state index contributed by atoms with van der Waals surface area (Å²) in [5.74, 6) is 0.594. The molecule has 64 valence electrons. The number of aliphatic imine (C=N–C) groups is 1. The van der Waals surface area contributed by atoms with Gasteiger partial charge in [-0.2, -0.15) is 0 Å². The van der Waals surface area contributed by atoms with Crippen LogP contribution < -0.4 is 5.32 Å². The summed E-state index contributed by atoms with van der Waals surface area (Å²) in [6, 6.07) is 0.766. The van der Waals surface area contributed by atoms with E-state index >= 15 is 0 Å². The third-order valence-electron chi connectivity index (χ3n) is 2.44. The zero-order valence-electron chi connectivity index (χ0n) is 7.49. The minimum Gasteiger partial charge on any atom is -0.382 e. The van der Waals surface area contributed by atoms with Gasteiger partial charge in [-0.1, -0.05) is 19.9 Å². The maximum atomic E-state index is 4.45. The third-order valence-corrected chi connectivity index (χ3v) is 2.44. The molecule has 0 aliphatic carbocycles. The number of fused-ring (bicyclic) bond motifs is 1. The molecule has 2 aliphatic heterocycles. The van der Waals surface area contributed by atoms with Crippen molar-refractivity contribution in [3.8, 4) is 0 Å². The molecule has 2 heterocycles. The molecule has 2 unspecified atom stereocenters. The Bertz CT molecular complexity index is 261. The molecule has 0 amide bonds. The maximum absolute atomic E-state index is 4.45. The molecule has 2 rings (SSSR count). The van der Waals surface area contributed by atoms with Crippen molar-refractivity contribution in [2.75, 3.05) is 0 Å². The van der Waals surface area contributed by atoms with E-state index in [1.807, 2.05) is 12.3 Å². The SMILES string of the molecule is CC(C)C1=CNC2C=CC=NC12. The van der Waals surface area contributed by atoms with Gasteiger partial charge in [0.15, 0.2) is 0 Å². The van der Waals surface area contributed by atoms with Gasteiger partial charge in [0, 0.05) is 6.21 Å². The van der Waals surface area contributed by atoms with Crippen LogP contribution in [0.25, 0.3) is 0 Å². The minimum atomic E-state index is 0.356. The van der Waals surface area contributed by atoms with Crippen molar-refractivity contribution >= 4 is 6.21 Å². The zero-order chi connectivity index (χ0) is 8.55. The summed E-state index contributed by atoms with van der Waals surface area (Å²) in [6.45, 7) is 4.42. The van der Waals surface area contributed by atoms with Gasteiger partial charge < -0.3 is 5.32 Å². The quantitative estimate of drug-likeness (QED) is 0.621. The first-order valence-electron chi connectivity index (χ1n) is 4.45. The van der Waals surface area contributed by atoms with Gasteiger partial charge >= 0.3 is 0 Å². The van der Waals surface area contributed by atoms with E-state index in [1.165, 1.54) is 5.57 Å². The highest BCUT2D eigenvalue weighted by molar-refractivity contribution is 5.73. The van der Waals surface area contributed by atoms with Crippen molar-refractivity contribution in [2.24, 2.45) is 10.9 Å². The highest BCUT2D eigenvalue weighted by atomic mass is 15.0. The monoisotopic (exact) mass is 162 g/mol. The van der Waals surface area contributed by atoms with Crippen molar-refractivity contribution in [2.45, 2.75) is 25.9 Å². The van der Waals surface area contributed by atoms with Crippen LogP contribution in [0.3, 0.4) is 0 Å². The highest BCUT2D eigenvalue weighted by Gasteiger charge is 2.29. The van der Waals surface area contributed by atoms with Crippen LogP contribution in [0.1, 0.15) is 13.8 Å². The van der Waals surface area contributed by atoms with Gasteiger partial charge in [-0.25, -0.2) is 0 Å². The predicted octanol–water partition coefficient (Wildman–Crippen LogP) is 1.51. The van der Waals surface area contributed by atoms with E-state index in [1.54, 1.807) is 0 Å². The normalized spacial score (nSPS) is 31.8. The van der Waals surface area contributed by atoms with Crippen LogP contribution in [0.5, 0.6) is 0 Å². The Morgan fingerprint density at radius 1 is 1.50 bits per heavy atom. The fourth-order valence-electron chi connectivity index (χ4n) is 1.74. The fourth-order valence-corrected chi connectivity index (χ4v) is 1.74. The first-order chi connectivity index (χ1) is 5.79. The molecular formula is C10H14N2. The van der Waals surface area contributed by atoms with Crippen molar-refractivity contribution in [1.29, 1.82) is 0 Å². The summed E-state index contributed by atoms with van der Waals surface area (Å²) < 4.78 is 0. The number of nitrogens with zero attached hydrogens (tertiary/aromatic N) is 1. The molecule has 2 aliphatic rings. The van der Waals surface area contributed by atoms with Gasteiger partial charge in [0.05, 0.1) is 12.1 Å². The molecule has 0 aromatic carbocycles. The largest absolute Gasteiger partial charge is 0.382 e. The molecule has 12 heavy (non-hydrogen) atoms. The number of allylic oxidation sites excluding steroid dienone is 1. The molecule has 0 aromatic rings. The summed E-state index contributed by atoms with van der Waals surface area (Å²) in [7, 11) is 0. The van der Waals surface area contributed by atoms with Gasteiger partial charge in [0.1, 0.15) is 0 Å². The van der Waals surface area contributed by atoms with Gasteiger partial charge in [-0.05, 0) is 23.8 Å². The summed E-state index contributed by atoms with van der Waals surface area (Å²) in [5, 5.41) is 3.33. The fraction of sp³-hybridized carbons (Fsp3) is 0.500. The number of hydrogen-bond donors (Lipinski definition) is 1. The Kier molecular flexibility index (Phi) is 1.75. The average molecular weight is 162 g/mol. The Balaban J connectivity index is 2.20. The van der Waals surface area contributed by atoms with Crippen molar-refractivity contribution in [3.63, 3.8) is 0 Å². The van der Waals surface area contributed by atoms with Gasteiger partial charge in [-0.15, -0.1) is 0 Å². The lowest BCUT2D eigenvalue weighted by atomic mass is 9.94. The Morgan fingerprint density at radius 3 is 3.08 bits per heavy atom. The summed E-state index contributed by atoms with van der Waals surface area (Å²) in [6.07, 6.45) is 8.19. The second kappa shape index (κ2) is 2.77. The van der Waals surface area contributed by atoms with E-state index in [0.29, 0.717) is 18.0 Å². The van der Waals surface area contributed by atoms with E-state index < -0.39 is 0 Å². The topological polar surface area (TPSA) is 24.4 Å². The van der Waals surface area contributed by atoms with Crippen LogP contribution in [0, 0.1) is 5.92 Å². The lowest BCUT2D eigenvalue weighted by Gasteiger charge is -2.19. The molecule has 0 radical (unpaired) electrons. The van der Waals surface area contributed by atoms with Crippen LogP contribution in [-0.2, 0) is 0 Å². The number of hydrogen-bond acceptors (Lipinski definition) is 2. The Morgan fingerprint density at radius 2 is 2.33 bits per heavy atom. The van der Waals surface area contributed by atoms with E-state index in [4.69, 9.17) is 0 Å². The molecule has 0 saturated heterocycles. The van der Waals surface area contributed by atoms with E-state index in [2.05, 4.69) is 36.4 Å². The molecule has 2 nitrogen and oxygen atoms in total. The first kappa shape index (κ1) is 7.59. The Hall–Kier alpha value is -1.05. The summed E-state index contributed by atoms with van der Waals surface area (Å²) in [5.41, 5.74) is 1.42. The zero-order valence-corrected chi connectivity index (χ0v) is 7.49. The Labute approximate surface area is 73.1 Å². The van der Waals surface area contributed by atoms with E-state index in [-0.39, 0.29) is 0 Å². The smallest absolute Gasteiger partial charge is 0.0965 e. The third kappa shape index (κ3) is 1.07. The van der Waals surface area contributed by atoms with Gasteiger partial charge in [0.25, 0.3) is 0 Å². The molecule has 2 heteroatoms. The van der Waals surface area contributed by atoms with E-state index in [0.717, 1.165) is 0 Å². The van der Waals surface area contributed by atoms with Crippen LogP contribution in [0.15, 0.2) is 28.9 Å². The van der Waals surface area contributed by atoms with Crippen LogP contribution >= 0.6 is 0 Å². The standard InChI is InChI=1S/C10H14N2/c1-7(2)8-6-12-9-4-3-5-11-10(8)9/h3-7,9-10,12H,1-2H3. The first-order valence-corrected chi connectivity index (χ1v) is 4.45. The second-order valence-electron chi connectivity index (χ2n) is 3.62. The molecule has 0 saturated carbocycles. The van der Waals surface area contributed by atoms with Crippen LogP contribution in [0.2, 0.25) is 0 Å². The van der Waals surface area contributed by atoms with Crippen molar-refractivity contribution in [3.05, 3.63) is 23.9 Å². The second-order valence-corrected chi connectivity index (χ2v) is 3.62. The molecule has 0 aromatic heterocycles. The predicted molar refractivity (Wildman–Crippen MR) is 51.3 cm³/mol. The van der Waals surface area contributed by atoms with Crippen LogP contribution in [0.4, 0.5) is 0 Å². The van der Waals surface area contributed by atoms with Crippen molar-refractivity contribution < 1.29 is 0 Å². The lowest BCUT2D eigenvalue weighted by Crippen LogP contribution is -2.30. The van der Waals surface area contributed by atoms with Gasteiger partial charge in [-0.3, -0.25) is 4.99 Å². The van der Waals surface area contributed by atoms with Gasteiger partial charge in [0.2, 0.25) is 0 Å². The highest BCUT2D eigenvalue weighted by Crippen LogP contribution is 2.25. The number of nitrogens with one attached hydrogen (secondary N) is 1. The molecule has 0 fully saturated rings. The summed E-state index contributed by atoms with van der Waals surface area (Å²) >= 11 is 0. The average Bonchev–Trinajstić information content (AvgIpc) is 2.47. The molecule has 1 N–H and O–H groups in total. The maximum Gasteiger partial charge on any atom is 0.0965 e. The van der Waals surface area contributed by atoms with Crippen molar-refractivity contribution in [1.82, 2.24) is 5.32 Å². The molecule has 2 atom stereocenters. The molecule has 0 bridgehead atoms. The van der Waals surface area contributed by atoms with Crippen LogP contribution in [-0.4, -0.2) is 18.3 Å². The molecular weight excluding hydrogens is 148 g/mol. The minimum absolute atomic E-state index is 0.356. The number of dihydropyridines is 1. The lowest BCUT2D eigenvalue weighted by molar-refractivity contribution is 0.606. The van der Waals surface area contributed by atoms with E-state index in [9.17, 15) is 0 Å². The number of rotatable bonds is 1. The summed E-state index contributed by atoms with van der Waals surface area (Å²) in [4.78, 5) is 4.45.